The molecule has 1 saturated carbocycles. The van der Waals surface area contributed by atoms with E-state index < -0.39 is 8.24 Å². The molecule has 0 bridgehead atoms. The number of isocyanates is 1. The Balaban J connectivity index is 2.59. The molecule has 68 valence electrons. The molecule has 0 radical (unpaired) electrons. The summed E-state index contributed by atoms with van der Waals surface area (Å²) in [6.45, 7) is 4.35. The highest BCUT2D eigenvalue weighted by Crippen LogP contribution is 2.37. The predicted molar refractivity (Wildman–Crippen MR) is 52.4 cm³/mol. The largest absolute Gasteiger partial charge is 0.248 e. The second-order valence-corrected chi connectivity index (χ2v) is 8.54. The van der Waals surface area contributed by atoms with E-state index in [2.05, 4.69) is 17.8 Å². The first-order valence-electron chi connectivity index (χ1n) is 4.76. The highest BCUT2D eigenvalue weighted by atomic mass is 28.3. The van der Waals surface area contributed by atoms with Gasteiger partial charge in [0.15, 0.2) is 8.24 Å². The molecule has 0 saturated heterocycles. The minimum atomic E-state index is -1.60. The Kier molecular flexibility index (Phi) is 3.24. The van der Waals surface area contributed by atoms with Crippen molar-refractivity contribution in [2.75, 3.05) is 0 Å². The number of hydrogen-bond donors (Lipinski definition) is 0. The van der Waals surface area contributed by atoms with Gasteiger partial charge in [0.05, 0.1) is 0 Å². The van der Waals surface area contributed by atoms with Crippen LogP contribution < -0.4 is 0 Å². The third kappa shape index (κ3) is 2.29. The molecule has 1 aliphatic carbocycles. The molecule has 12 heavy (non-hydrogen) atoms. The molecule has 2 nitrogen and oxygen atoms in total. The van der Waals surface area contributed by atoms with Crippen LogP contribution >= 0.6 is 0 Å². The molecule has 0 N–H and O–H groups in total. The molecule has 0 spiro atoms. The molecular weight excluding hydrogens is 166 g/mol. The van der Waals surface area contributed by atoms with Gasteiger partial charge in [0.2, 0.25) is 6.08 Å². The fourth-order valence-corrected chi connectivity index (χ4v) is 4.26. The van der Waals surface area contributed by atoms with Crippen molar-refractivity contribution in [3.05, 3.63) is 0 Å². The molecule has 0 aliphatic heterocycles. The molecule has 0 heterocycles. The Bertz CT molecular complexity index is 191. The van der Waals surface area contributed by atoms with Gasteiger partial charge in [0.25, 0.3) is 0 Å². The fraction of sp³-hybridized carbons (Fsp3) is 0.889. The quantitative estimate of drug-likeness (QED) is 0.368. The van der Waals surface area contributed by atoms with Crippen LogP contribution in [0.1, 0.15) is 32.1 Å². The van der Waals surface area contributed by atoms with Crippen LogP contribution in [0.5, 0.6) is 0 Å². The Morgan fingerprint density at radius 3 is 2.33 bits per heavy atom. The van der Waals surface area contributed by atoms with E-state index in [9.17, 15) is 4.79 Å². The zero-order chi connectivity index (χ0) is 9.03. The van der Waals surface area contributed by atoms with Crippen molar-refractivity contribution in [3.8, 4) is 0 Å². The average Bonchev–Trinajstić information content (AvgIpc) is 2.06. The maximum absolute atomic E-state index is 10.2. The average molecular weight is 183 g/mol. The van der Waals surface area contributed by atoms with Crippen LogP contribution in [0.15, 0.2) is 4.66 Å². The predicted octanol–water partition coefficient (Wildman–Crippen LogP) is 2.86. The highest BCUT2D eigenvalue weighted by molar-refractivity contribution is 6.77. The van der Waals surface area contributed by atoms with Crippen molar-refractivity contribution in [3.63, 3.8) is 0 Å². The van der Waals surface area contributed by atoms with Crippen LogP contribution in [-0.4, -0.2) is 14.3 Å². The molecule has 0 unspecified atom stereocenters. The Hall–Kier alpha value is -0.403. The standard InChI is InChI=1S/C9H17NOSi/c1-12(2,10-8-11)9-6-4-3-5-7-9/h9H,3-7H2,1-2H3. The van der Waals surface area contributed by atoms with Crippen molar-refractivity contribution < 1.29 is 4.79 Å². The summed E-state index contributed by atoms with van der Waals surface area (Å²) in [4.78, 5) is 10.2. The Morgan fingerprint density at radius 1 is 1.25 bits per heavy atom. The van der Waals surface area contributed by atoms with E-state index in [0.717, 1.165) is 5.54 Å². The first-order chi connectivity index (χ1) is 5.67. The number of carbonyl (C=O) groups excluding carboxylic acids is 1. The summed E-state index contributed by atoms with van der Waals surface area (Å²) in [6, 6.07) is 0. The summed E-state index contributed by atoms with van der Waals surface area (Å²) < 4.78 is 4.01. The summed E-state index contributed by atoms with van der Waals surface area (Å²) >= 11 is 0. The number of rotatable bonds is 2. The van der Waals surface area contributed by atoms with E-state index in [0.29, 0.717) is 0 Å². The highest BCUT2D eigenvalue weighted by Gasteiger charge is 2.33. The van der Waals surface area contributed by atoms with E-state index in [4.69, 9.17) is 0 Å². The van der Waals surface area contributed by atoms with Gasteiger partial charge in [-0.1, -0.05) is 32.1 Å². The number of hydrogen-bond acceptors (Lipinski definition) is 2. The van der Waals surface area contributed by atoms with E-state index in [1.54, 1.807) is 6.08 Å². The normalized spacial score (nSPS) is 20.2. The van der Waals surface area contributed by atoms with Crippen LogP contribution in [0.3, 0.4) is 0 Å². The lowest BCUT2D eigenvalue weighted by atomic mass is 10.0. The third-order valence-electron chi connectivity index (χ3n) is 2.94. The molecule has 0 aromatic rings. The minimum absolute atomic E-state index is 0.729. The minimum Gasteiger partial charge on any atom is -0.248 e. The third-order valence-corrected chi connectivity index (χ3v) is 6.18. The molecule has 0 atom stereocenters. The lowest BCUT2D eigenvalue weighted by molar-refractivity contribution is 0.491. The Morgan fingerprint density at radius 2 is 1.83 bits per heavy atom. The second kappa shape index (κ2) is 4.01. The molecule has 0 amide bonds. The van der Waals surface area contributed by atoms with Gasteiger partial charge >= 0.3 is 0 Å². The van der Waals surface area contributed by atoms with Gasteiger partial charge in [-0.25, -0.2) is 9.45 Å². The first-order valence-corrected chi connectivity index (χ1v) is 7.78. The van der Waals surface area contributed by atoms with Crippen molar-refractivity contribution in [2.24, 2.45) is 4.66 Å². The summed E-state index contributed by atoms with van der Waals surface area (Å²) in [5.41, 5.74) is 0.729. The summed E-state index contributed by atoms with van der Waals surface area (Å²) in [5.74, 6) is 0. The van der Waals surface area contributed by atoms with Crippen LogP contribution in [0.25, 0.3) is 0 Å². The zero-order valence-electron chi connectivity index (χ0n) is 7.97. The van der Waals surface area contributed by atoms with Gasteiger partial charge < -0.3 is 0 Å². The molecule has 3 heteroatoms. The number of nitrogens with zero attached hydrogens (tertiary/aromatic N) is 1. The van der Waals surface area contributed by atoms with Gasteiger partial charge in [-0.05, 0) is 18.6 Å². The maximum atomic E-state index is 10.2. The molecule has 0 aromatic heterocycles. The molecule has 1 fully saturated rings. The van der Waals surface area contributed by atoms with Crippen molar-refractivity contribution in [1.29, 1.82) is 0 Å². The van der Waals surface area contributed by atoms with Crippen LogP contribution in [0.2, 0.25) is 18.6 Å². The topological polar surface area (TPSA) is 29.4 Å². The van der Waals surface area contributed by atoms with Crippen molar-refractivity contribution in [1.82, 2.24) is 0 Å². The summed E-state index contributed by atoms with van der Waals surface area (Å²) in [5, 5.41) is 0. The van der Waals surface area contributed by atoms with Crippen LogP contribution in [0, 0.1) is 0 Å². The van der Waals surface area contributed by atoms with E-state index in [-0.39, 0.29) is 0 Å². The summed E-state index contributed by atoms with van der Waals surface area (Å²) in [6.07, 6.45) is 8.33. The monoisotopic (exact) mass is 183 g/mol. The van der Waals surface area contributed by atoms with E-state index in [1.807, 2.05) is 0 Å². The van der Waals surface area contributed by atoms with Gasteiger partial charge in [-0.15, -0.1) is 0 Å². The second-order valence-electron chi connectivity index (χ2n) is 4.19. The van der Waals surface area contributed by atoms with Gasteiger partial charge in [-0.3, -0.25) is 0 Å². The SMILES string of the molecule is C[Si](C)(N=C=O)C1CCCCC1. The van der Waals surface area contributed by atoms with Crippen LogP contribution in [-0.2, 0) is 4.79 Å². The van der Waals surface area contributed by atoms with E-state index >= 15 is 0 Å². The lowest BCUT2D eigenvalue weighted by Gasteiger charge is -2.30. The van der Waals surface area contributed by atoms with E-state index in [1.165, 1.54) is 32.1 Å². The van der Waals surface area contributed by atoms with Crippen molar-refractivity contribution >= 4 is 14.3 Å². The summed E-state index contributed by atoms with van der Waals surface area (Å²) in [7, 11) is -1.60. The molecule has 1 rings (SSSR count). The molecule has 1 aliphatic rings. The first kappa shape index (κ1) is 9.68. The van der Waals surface area contributed by atoms with Gasteiger partial charge in [0.1, 0.15) is 0 Å². The molecular formula is C9H17NOSi. The molecule has 0 aromatic carbocycles. The smallest absolute Gasteiger partial charge is 0.224 e. The van der Waals surface area contributed by atoms with Crippen molar-refractivity contribution in [2.45, 2.75) is 50.7 Å². The van der Waals surface area contributed by atoms with Gasteiger partial charge in [-0.2, -0.15) is 0 Å². The fourth-order valence-electron chi connectivity index (χ4n) is 2.02. The zero-order valence-corrected chi connectivity index (χ0v) is 8.97. The maximum Gasteiger partial charge on any atom is 0.224 e. The Labute approximate surface area is 75.2 Å². The lowest BCUT2D eigenvalue weighted by Crippen LogP contribution is -2.31. The van der Waals surface area contributed by atoms with Crippen LogP contribution in [0.4, 0.5) is 0 Å². The van der Waals surface area contributed by atoms with Gasteiger partial charge in [0, 0.05) is 0 Å².